The van der Waals surface area contributed by atoms with Crippen molar-refractivity contribution >= 4 is 0 Å². The molecule has 0 amide bonds. The minimum Gasteiger partial charge on any atom is -0.374 e. The normalized spacial score (nSPS) is 26.0. The number of ether oxygens (including phenoxy) is 1. The Morgan fingerprint density at radius 3 is 3.12 bits per heavy atom. The van der Waals surface area contributed by atoms with E-state index in [0.717, 1.165) is 26.2 Å². The Hall–Kier alpha value is -0.970. The number of hydrogen-bond acceptors (Lipinski definition) is 4. The highest BCUT2D eigenvalue weighted by Crippen LogP contribution is 2.28. The molecular formula is C13H21N3O. The molecule has 4 nitrogen and oxygen atoms in total. The minimum atomic E-state index is 0.206. The van der Waals surface area contributed by atoms with Gasteiger partial charge >= 0.3 is 0 Å². The summed E-state index contributed by atoms with van der Waals surface area (Å²) in [7, 11) is 1.97. The number of nitrogens with one attached hydrogen (secondary N) is 1. The summed E-state index contributed by atoms with van der Waals surface area (Å²) in [6, 6.07) is 4.45. The van der Waals surface area contributed by atoms with Crippen molar-refractivity contribution in [3.05, 3.63) is 30.1 Å². The molecule has 2 atom stereocenters. The molecule has 0 spiro atoms. The fourth-order valence-corrected chi connectivity index (χ4v) is 2.49. The van der Waals surface area contributed by atoms with E-state index < -0.39 is 0 Å². The molecule has 2 unspecified atom stereocenters. The van der Waals surface area contributed by atoms with Crippen LogP contribution in [0.1, 0.15) is 18.5 Å². The Morgan fingerprint density at radius 1 is 1.59 bits per heavy atom. The number of nitrogens with zero attached hydrogens (tertiary/aromatic N) is 2. The molecule has 1 fully saturated rings. The molecule has 4 heteroatoms. The molecule has 1 aromatic rings. The molecule has 1 N–H and O–H groups in total. The van der Waals surface area contributed by atoms with Gasteiger partial charge in [-0.15, -0.1) is 0 Å². The molecule has 17 heavy (non-hydrogen) atoms. The van der Waals surface area contributed by atoms with Crippen LogP contribution in [0.5, 0.6) is 0 Å². The zero-order valence-electron chi connectivity index (χ0n) is 10.6. The van der Waals surface area contributed by atoms with Crippen LogP contribution in [-0.2, 0) is 4.74 Å². The van der Waals surface area contributed by atoms with Gasteiger partial charge in [0.05, 0.1) is 18.8 Å². The molecule has 2 heterocycles. The van der Waals surface area contributed by atoms with Gasteiger partial charge in [0.2, 0.25) is 0 Å². The first kappa shape index (κ1) is 12.5. The molecule has 1 aliphatic rings. The average molecular weight is 235 g/mol. The van der Waals surface area contributed by atoms with E-state index in [1.165, 1.54) is 5.56 Å². The minimum absolute atomic E-state index is 0.206. The Kier molecular flexibility index (Phi) is 4.48. The van der Waals surface area contributed by atoms with Gasteiger partial charge in [0.15, 0.2) is 0 Å². The van der Waals surface area contributed by atoms with Crippen molar-refractivity contribution in [3.63, 3.8) is 0 Å². The van der Waals surface area contributed by atoms with E-state index in [1.54, 1.807) is 0 Å². The van der Waals surface area contributed by atoms with Gasteiger partial charge in [0.25, 0.3) is 0 Å². The largest absolute Gasteiger partial charge is 0.374 e. The lowest BCUT2D eigenvalue weighted by molar-refractivity contribution is -0.0687. The molecule has 0 aliphatic carbocycles. The Labute approximate surface area is 103 Å². The zero-order valence-corrected chi connectivity index (χ0v) is 10.6. The third kappa shape index (κ3) is 2.83. The van der Waals surface area contributed by atoms with E-state index in [-0.39, 0.29) is 6.10 Å². The number of rotatable bonds is 4. The number of likely N-dealkylation sites (N-methyl/N-ethyl adjacent to an activating group) is 2. The van der Waals surface area contributed by atoms with Crippen molar-refractivity contribution in [2.24, 2.45) is 0 Å². The van der Waals surface area contributed by atoms with Crippen molar-refractivity contribution < 1.29 is 4.74 Å². The summed E-state index contributed by atoms with van der Waals surface area (Å²) in [6.07, 6.45) is 3.97. The maximum absolute atomic E-state index is 5.89. The van der Waals surface area contributed by atoms with Gasteiger partial charge < -0.3 is 10.1 Å². The molecule has 0 radical (unpaired) electrons. The van der Waals surface area contributed by atoms with Gasteiger partial charge in [-0.3, -0.25) is 9.88 Å². The van der Waals surface area contributed by atoms with Crippen LogP contribution in [0.25, 0.3) is 0 Å². The van der Waals surface area contributed by atoms with Gasteiger partial charge in [-0.05, 0) is 25.2 Å². The third-order valence-corrected chi connectivity index (χ3v) is 3.29. The van der Waals surface area contributed by atoms with Crippen LogP contribution in [0.2, 0.25) is 0 Å². The number of pyridine rings is 1. The number of morpholine rings is 1. The van der Waals surface area contributed by atoms with E-state index >= 15 is 0 Å². The lowest BCUT2D eigenvalue weighted by Gasteiger charge is -2.40. The molecule has 1 aliphatic heterocycles. The zero-order chi connectivity index (χ0) is 12.1. The predicted octanol–water partition coefficient (Wildman–Crippen LogP) is 1.06. The van der Waals surface area contributed by atoms with Gasteiger partial charge in [-0.2, -0.15) is 0 Å². The Balaban J connectivity index is 2.22. The van der Waals surface area contributed by atoms with Crippen molar-refractivity contribution in [3.8, 4) is 0 Å². The first-order valence-electron chi connectivity index (χ1n) is 6.27. The predicted molar refractivity (Wildman–Crippen MR) is 67.9 cm³/mol. The molecule has 1 saturated heterocycles. The van der Waals surface area contributed by atoms with Gasteiger partial charge in [0.1, 0.15) is 0 Å². The van der Waals surface area contributed by atoms with Gasteiger partial charge in [0, 0.05) is 25.5 Å². The average Bonchev–Trinajstić information content (AvgIpc) is 2.40. The summed E-state index contributed by atoms with van der Waals surface area (Å²) >= 11 is 0. The fourth-order valence-electron chi connectivity index (χ4n) is 2.49. The Morgan fingerprint density at radius 2 is 2.47 bits per heavy atom. The monoisotopic (exact) mass is 235 g/mol. The van der Waals surface area contributed by atoms with Crippen LogP contribution < -0.4 is 5.32 Å². The van der Waals surface area contributed by atoms with Crippen LogP contribution in [0.15, 0.2) is 24.5 Å². The lowest BCUT2D eigenvalue weighted by atomic mass is 9.99. The molecule has 0 aromatic carbocycles. The van der Waals surface area contributed by atoms with E-state index in [4.69, 9.17) is 4.74 Å². The summed E-state index contributed by atoms with van der Waals surface area (Å²) in [6.45, 7) is 5.93. The maximum Gasteiger partial charge on any atom is 0.0896 e. The highest BCUT2D eigenvalue weighted by atomic mass is 16.5. The van der Waals surface area contributed by atoms with Crippen LogP contribution in [-0.4, -0.2) is 49.3 Å². The van der Waals surface area contributed by atoms with Crippen molar-refractivity contribution in [2.45, 2.75) is 19.1 Å². The fraction of sp³-hybridized carbons (Fsp3) is 0.615. The first-order valence-corrected chi connectivity index (χ1v) is 6.27. The van der Waals surface area contributed by atoms with Crippen LogP contribution >= 0.6 is 0 Å². The summed E-state index contributed by atoms with van der Waals surface area (Å²) in [5.74, 6) is 0. The molecule has 0 bridgehead atoms. The Bertz CT molecular complexity index is 329. The summed E-state index contributed by atoms with van der Waals surface area (Å²) < 4.78 is 5.89. The van der Waals surface area contributed by atoms with E-state index in [2.05, 4.69) is 28.2 Å². The van der Waals surface area contributed by atoms with E-state index in [9.17, 15) is 0 Å². The first-order chi connectivity index (χ1) is 8.36. The summed E-state index contributed by atoms with van der Waals surface area (Å²) in [5, 5.41) is 3.21. The second-order valence-electron chi connectivity index (χ2n) is 4.33. The molecule has 2 rings (SSSR count). The summed E-state index contributed by atoms with van der Waals surface area (Å²) in [5.41, 5.74) is 1.24. The van der Waals surface area contributed by atoms with E-state index in [1.807, 2.05) is 25.5 Å². The smallest absolute Gasteiger partial charge is 0.0896 e. The SMILES string of the molecule is CCN1CCOC(CNC)C1c1cccnc1. The maximum atomic E-state index is 5.89. The highest BCUT2D eigenvalue weighted by Gasteiger charge is 2.32. The second-order valence-corrected chi connectivity index (χ2v) is 4.33. The molecule has 94 valence electrons. The topological polar surface area (TPSA) is 37.4 Å². The standard InChI is InChI=1S/C13H21N3O/c1-3-16-7-8-17-12(10-14-2)13(16)11-5-4-6-15-9-11/h4-6,9,12-14H,3,7-8,10H2,1-2H3. The quantitative estimate of drug-likeness (QED) is 0.847. The third-order valence-electron chi connectivity index (χ3n) is 3.29. The summed E-state index contributed by atoms with van der Waals surface area (Å²) in [4.78, 5) is 6.68. The number of hydrogen-bond donors (Lipinski definition) is 1. The van der Waals surface area contributed by atoms with Crippen molar-refractivity contribution in [1.29, 1.82) is 0 Å². The van der Waals surface area contributed by atoms with Gasteiger partial charge in [-0.25, -0.2) is 0 Å². The lowest BCUT2D eigenvalue weighted by Crippen LogP contribution is -2.48. The van der Waals surface area contributed by atoms with Gasteiger partial charge in [-0.1, -0.05) is 13.0 Å². The van der Waals surface area contributed by atoms with Crippen LogP contribution in [0.3, 0.4) is 0 Å². The molecule has 1 aromatic heterocycles. The molecule has 0 saturated carbocycles. The number of aromatic nitrogens is 1. The highest BCUT2D eigenvalue weighted by molar-refractivity contribution is 5.16. The van der Waals surface area contributed by atoms with Crippen molar-refractivity contribution in [2.75, 3.05) is 33.3 Å². The van der Waals surface area contributed by atoms with Crippen LogP contribution in [0, 0.1) is 0 Å². The second kappa shape index (κ2) is 6.10. The molecular weight excluding hydrogens is 214 g/mol. The van der Waals surface area contributed by atoms with Crippen LogP contribution in [0.4, 0.5) is 0 Å². The van der Waals surface area contributed by atoms with E-state index in [0.29, 0.717) is 6.04 Å². The van der Waals surface area contributed by atoms with Crippen molar-refractivity contribution in [1.82, 2.24) is 15.2 Å².